The molecule has 1 fully saturated rings. The second-order valence-corrected chi connectivity index (χ2v) is 4.11. The van der Waals surface area contributed by atoms with Crippen LogP contribution in [-0.2, 0) is 0 Å². The Kier molecular flexibility index (Phi) is 3.09. The van der Waals surface area contributed by atoms with E-state index in [1.54, 1.807) is 0 Å². The summed E-state index contributed by atoms with van der Waals surface area (Å²) in [6, 6.07) is 2.94. The molecule has 0 aliphatic heterocycles. The first-order chi connectivity index (χ1) is 7.35. The van der Waals surface area contributed by atoms with Crippen LogP contribution < -0.4 is 10.2 Å². The summed E-state index contributed by atoms with van der Waals surface area (Å²) in [5, 5.41) is 3.13. The number of hydrogen-bond donors (Lipinski definition) is 1. The zero-order chi connectivity index (χ0) is 10.7. The summed E-state index contributed by atoms with van der Waals surface area (Å²) in [6.45, 7) is 3.37. The second-order valence-electron chi connectivity index (χ2n) is 4.11. The summed E-state index contributed by atoms with van der Waals surface area (Å²) in [7, 11) is 1.93. The third-order valence-corrected chi connectivity index (χ3v) is 2.80. The summed E-state index contributed by atoms with van der Waals surface area (Å²) < 4.78 is 0. The van der Waals surface area contributed by atoms with Crippen molar-refractivity contribution in [3.8, 4) is 0 Å². The number of rotatable bonds is 5. The van der Waals surface area contributed by atoms with Crippen molar-refractivity contribution in [1.82, 2.24) is 4.98 Å². The van der Waals surface area contributed by atoms with E-state index in [1.807, 2.05) is 19.4 Å². The van der Waals surface area contributed by atoms with Crippen LogP contribution in [0.25, 0.3) is 0 Å². The van der Waals surface area contributed by atoms with Gasteiger partial charge in [0.1, 0.15) is 0 Å². The van der Waals surface area contributed by atoms with Crippen LogP contribution in [0.5, 0.6) is 0 Å². The van der Waals surface area contributed by atoms with Gasteiger partial charge in [0.2, 0.25) is 0 Å². The van der Waals surface area contributed by atoms with Gasteiger partial charge in [-0.1, -0.05) is 6.92 Å². The topological polar surface area (TPSA) is 28.2 Å². The Morgan fingerprint density at radius 3 is 2.87 bits per heavy atom. The van der Waals surface area contributed by atoms with Crippen molar-refractivity contribution in [2.75, 3.05) is 23.8 Å². The molecule has 0 saturated heterocycles. The molecule has 3 heteroatoms. The average molecular weight is 205 g/mol. The summed E-state index contributed by atoms with van der Waals surface area (Å²) in [6.07, 6.45) is 7.70. The Morgan fingerprint density at radius 1 is 1.47 bits per heavy atom. The van der Waals surface area contributed by atoms with Gasteiger partial charge in [0.05, 0.1) is 23.8 Å². The third kappa shape index (κ3) is 2.41. The Morgan fingerprint density at radius 2 is 2.27 bits per heavy atom. The molecule has 1 saturated carbocycles. The van der Waals surface area contributed by atoms with Crippen LogP contribution in [0.3, 0.4) is 0 Å². The summed E-state index contributed by atoms with van der Waals surface area (Å²) in [5.74, 6) is 0. The molecule has 1 aromatic rings. The van der Waals surface area contributed by atoms with Crippen molar-refractivity contribution in [2.45, 2.75) is 32.2 Å². The lowest BCUT2D eigenvalue weighted by molar-refractivity contribution is 0.761. The van der Waals surface area contributed by atoms with Gasteiger partial charge in [0.25, 0.3) is 0 Å². The number of nitrogens with zero attached hydrogens (tertiary/aromatic N) is 2. The van der Waals surface area contributed by atoms with E-state index in [-0.39, 0.29) is 0 Å². The highest BCUT2D eigenvalue weighted by molar-refractivity contribution is 5.56. The Bertz CT molecular complexity index is 320. The van der Waals surface area contributed by atoms with Crippen LogP contribution in [0.1, 0.15) is 26.2 Å². The van der Waals surface area contributed by atoms with E-state index in [0.29, 0.717) is 0 Å². The molecule has 15 heavy (non-hydrogen) atoms. The standard InChI is InChI=1S/C12H19N3/c1-3-6-15(11-4-5-11)12-7-10(13-2)8-14-9-12/h7-9,11,13H,3-6H2,1-2H3. The lowest BCUT2D eigenvalue weighted by atomic mass is 10.3. The molecule has 0 unspecified atom stereocenters. The highest BCUT2D eigenvalue weighted by Crippen LogP contribution is 2.32. The fourth-order valence-corrected chi connectivity index (χ4v) is 1.87. The predicted octanol–water partition coefficient (Wildman–Crippen LogP) is 2.50. The molecule has 0 aromatic carbocycles. The Hall–Kier alpha value is -1.25. The first kappa shape index (κ1) is 10.3. The molecule has 0 amide bonds. The largest absolute Gasteiger partial charge is 0.387 e. The van der Waals surface area contributed by atoms with Gasteiger partial charge >= 0.3 is 0 Å². The minimum Gasteiger partial charge on any atom is -0.387 e. The van der Waals surface area contributed by atoms with E-state index < -0.39 is 0 Å². The smallest absolute Gasteiger partial charge is 0.0575 e. The molecular formula is C12H19N3. The van der Waals surface area contributed by atoms with Crippen molar-refractivity contribution < 1.29 is 0 Å². The summed E-state index contributed by atoms with van der Waals surface area (Å²) in [4.78, 5) is 6.74. The van der Waals surface area contributed by atoms with Gasteiger partial charge in [0, 0.05) is 19.6 Å². The highest BCUT2D eigenvalue weighted by Gasteiger charge is 2.28. The van der Waals surface area contributed by atoms with E-state index in [2.05, 4.69) is 28.2 Å². The Labute approximate surface area is 91.5 Å². The first-order valence-electron chi connectivity index (χ1n) is 5.74. The average Bonchev–Trinajstić information content (AvgIpc) is 3.10. The number of hydrogen-bond acceptors (Lipinski definition) is 3. The zero-order valence-electron chi connectivity index (χ0n) is 9.53. The molecule has 1 aliphatic carbocycles. The highest BCUT2D eigenvalue weighted by atomic mass is 15.2. The molecule has 0 radical (unpaired) electrons. The van der Waals surface area contributed by atoms with Gasteiger partial charge in [-0.25, -0.2) is 0 Å². The fourth-order valence-electron chi connectivity index (χ4n) is 1.87. The number of aromatic nitrogens is 1. The zero-order valence-corrected chi connectivity index (χ0v) is 9.53. The fraction of sp³-hybridized carbons (Fsp3) is 0.583. The minimum absolute atomic E-state index is 0.763. The number of anilines is 2. The molecule has 1 heterocycles. The van der Waals surface area contributed by atoms with E-state index in [0.717, 1.165) is 18.3 Å². The molecule has 0 spiro atoms. The van der Waals surface area contributed by atoms with Crippen molar-refractivity contribution in [2.24, 2.45) is 0 Å². The Balaban J connectivity index is 2.16. The molecule has 0 atom stereocenters. The van der Waals surface area contributed by atoms with E-state index >= 15 is 0 Å². The van der Waals surface area contributed by atoms with Crippen LogP contribution in [-0.4, -0.2) is 24.6 Å². The summed E-state index contributed by atoms with van der Waals surface area (Å²) >= 11 is 0. The molecule has 3 nitrogen and oxygen atoms in total. The van der Waals surface area contributed by atoms with Crippen LogP contribution in [0.2, 0.25) is 0 Å². The van der Waals surface area contributed by atoms with Gasteiger partial charge in [-0.2, -0.15) is 0 Å². The van der Waals surface area contributed by atoms with E-state index in [1.165, 1.54) is 24.9 Å². The normalized spacial score (nSPS) is 15.1. The summed E-state index contributed by atoms with van der Waals surface area (Å²) in [5.41, 5.74) is 2.35. The molecule has 2 rings (SSSR count). The van der Waals surface area contributed by atoms with Gasteiger partial charge in [0.15, 0.2) is 0 Å². The van der Waals surface area contributed by atoms with Crippen LogP contribution >= 0.6 is 0 Å². The van der Waals surface area contributed by atoms with Crippen molar-refractivity contribution in [3.05, 3.63) is 18.5 Å². The molecular weight excluding hydrogens is 186 g/mol. The molecule has 1 N–H and O–H groups in total. The number of pyridine rings is 1. The maximum atomic E-state index is 4.26. The lowest BCUT2D eigenvalue weighted by Crippen LogP contribution is -2.26. The molecule has 82 valence electrons. The quantitative estimate of drug-likeness (QED) is 0.800. The van der Waals surface area contributed by atoms with Gasteiger partial charge < -0.3 is 10.2 Å². The third-order valence-electron chi connectivity index (χ3n) is 2.80. The van der Waals surface area contributed by atoms with Crippen molar-refractivity contribution >= 4 is 11.4 Å². The molecule has 1 aromatic heterocycles. The maximum absolute atomic E-state index is 4.26. The minimum atomic E-state index is 0.763. The second kappa shape index (κ2) is 4.51. The van der Waals surface area contributed by atoms with Crippen molar-refractivity contribution in [3.63, 3.8) is 0 Å². The van der Waals surface area contributed by atoms with Crippen LogP contribution in [0, 0.1) is 0 Å². The van der Waals surface area contributed by atoms with Gasteiger partial charge in [-0.15, -0.1) is 0 Å². The van der Waals surface area contributed by atoms with E-state index in [4.69, 9.17) is 0 Å². The van der Waals surface area contributed by atoms with Crippen LogP contribution in [0.4, 0.5) is 11.4 Å². The SMILES string of the molecule is CCCN(c1cncc(NC)c1)C1CC1. The lowest BCUT2D eigenvalue weighted by Gasteiger charge is -2.24. The first-order valence-corrected chi connectivity index (χ1v) is 5.74. The van der Waals surface area contributed by atoms with Crippen LogP contribution in [0.15, 0.2) is 18.5 Å². The number of nitrogens with one attached hydrogen (secondary N) is 1. The van der Waals surface area contributed by atoms with Crippen molar-refractivity contribution in [1.29, 1.82) is 0 Å². The predicted molar refractivity (Wildman–Crippen MR) is 64.4 cm³/mol. The molecule has 0 bridgehead atoms. The molecule has 1 aliphatic rings. The monoisotopic (exact) mass is 205 g/mol. The van der Waals surface area contributed by atoms with E-state index in [9.17, 15) is 0 Å². The van der Waals surface area contributed by atoms with Gasteiger partial charge in [-0.05, 0) is 25.3 Å². The van der Waals surface area contributed by atoms with Gasteiger partial charge in [-0.3, -0.25) is 4.98 Å². The maximum Gasteiger partial charge on any atom is 0.0575 e.